The highest BCUT2D eigenvalue weighted by molar-refractivity contribution is 5.81. The molecule has 0 unspecified atom stereocenters. The summed E-state index contributed by atoms with van der Waals surface area (Å²) in [6.07, 6.45) is 1.75. The fraction of sp³-hybridized carbons (Fsp3) is 0.208. The molecule has 0 aromatic heterocycles. The minimum absolute atomic E-state index is 0.447. The fourth-order valence-corrected chi connectivity index (χ4v) is 2.76. The second-order valence-corrected chi connectivity index (χ2v) is 6.72. The third-order valence-electron chi connectivity index (χ3n) is 4.66. The van der Waals surface area contributed by atoms with E-state index in [2.05, 4.69) is 36.5 Å². The average Bonchev–Trinajstić information content (AvgIpc) is 2.75. The maximum absolute atomic E-state index is 5.91. The first-order valence-electron chi connectivity index (χ1n) is 9.39. The summed E-state index contributed by atoms with van der Waals surface area (Å²) in [5.41, 5.74) is 8.46. The van der Waals surface area contributed by atoms with Gasteiger partial charge in [0.25, 0.3) is 0 Å². The van der Waals surface area contributed by atoms with Crippen molar-refractivity contribution in [1.82, 2.24) is 0 Å². The van der Waals surface area contributed by atoms with Gasteiger partial charge < -0.3 is 14.2 Å². The van der Waals surface area contributed by atoms with Crippen molar-refractivity contribution < 1.29 is 14.2 Å². The van der Waals surface area contributed by atoms with E-state index in [1.165, 1.54) is 11.1 Å². The Labute approximate surface area is 171 Å². The molecule has 3 aromatic carbocycles. The second-order valence-electron chi connectivity index (χ2n) is 6.72. The van der Waals surface area contributed by atoms with Crippen LogP contribution >= 0.6 is 0 Å². The minimum Gasteiger partial charge on any atom is -0.497 e. The Balaban J connectivity index is 1.63. The number of hydrogen-bond donors (Lipinski definition) is 1. The first kappa shape index (κ1) is 20.3. The summed E-state index contributed by atoms with van der Waals surface area (Å²) in [7, 11) is 3.28. The number of methoxy groups -OCH3 is 2. The lowest BCUT2D eigenvalue weighted by atomic mass is 10.1. The highest BCUT2D eigenvalue weighted by atomic mass is 16.5. The lowest BCUT2D eigenvalue weighted by molar-refractivity contribution is 0.284. The molecule has 1 N–H and O–H groups in total. The molecule has 0 aliphatic rings. The average molecular weight is 390 g/mol. The van der Waals surface area contributed by atoms with E-state index in [1.807, 2.05) is 48.5 Å². The summed E-state index contributed by atoms with van der Waals surface area (Å²) < 4.78 is 16.6. The molecule has 29 heavy (non-hydrogen) atoms. The molecule has 3 aromatic rings. The van der Waals surface area contributed by atoms with Gasteiger partial charge in [-0.25, -0.2) is 0 Å². The van der Waals surface area contributed by atoms with Crippen molar-refractivity contribution in [3.05, 3.63) is 82.9 Å². The normalized spacial score (nSPS) is 10.8. The second kappa shape index (κ2) is 9.64. The largest absolute Gasteiger partial charge is 0.497 e. The Hall–Kier alpha value is -3.47. The summed E-state index contributed by atoms with van der Waals surface area (Å²) in [5.74, 6) is 2.17. The quantitative estimate of drug-likeness (QED) is 0.416. The van der Waals surface area contributed by atoms with Gasteiger partial charge in [0.1, 0.15) is 12.4 Å². The molecule has 3 rings (SSSR count). The van der Waals surface area contributed by atoms with Gasteiger partial charge in [0, 0.05) is 0 Å². The van der Waals surface area contributed by atoms with E-state index in [1.54, 1.807) is 20.4 Å². The molecule has 5 nitrogen and oxygen atoms in total. The van der Waals surface area contributed by atoms with E-state index >= 15 is 0 Å². The molecule has 150 valence electrons. The summed E-state index contributed by atoms with van der Waals surface area (Å²) in [5, 5.41) is 4.31. The minimum atomic E-state index is 0.447. The highest BCUT2D eigenvalue weighted by Gasteiger charge is 2.06. The predicted molar refractivity (Wildman–Crippen MR) is 117 cm³/mol. The van der Waals surface area contributed by atoms with Gasteiger partial charge in [0.15, 0.2) is 11.5 Å². The number of nitrogens with zero attached hydrogens (tertiary/aromatic N) is 1. The number of ether oxygens (including phenoxy) is 3. The molecule has 0 amide bonds. The number of anilines is 1. The van der Waals surface area contributed by atoms with Crippen molar-refractivity contribution in [2.24, 2.45) is 5.10 Å². The highest BCUT2D eigenvalue weighted by Crippen LogP contribution is 2.28. The molecule has 5 heteroatoms. The van der Waals surface area contributed by atoms with Crippen molar-refractivity contribution in [3.63, 3.8) is 0 Å². The Morgan fingerprint density at radius 1 is 0.828 bits per heavy atom. The summed E-state index contributed by atoms with van der Waals surface area (Å²) in [4.78, 5) is 0. The summed E-state index contributed by atoms with van der Waals surface area (Å²) >= 11 is 0. The van der Waals surface area contributed by atoms with Crippen LogP contribution in [-0.2, 0) is 6.61 Å². The molecule has 0 radical (unpaired) electrons. The maximum Gasteiger partial charge on any atom is 0.161 e. The summed E-state index contributed by atoms with van der Waals surface area (Å²) in [6, 6.07) is 19.7. The topological polar surface area (TPSA) is 52.1 Å². The number of benzene rings is 3. The van der Waals surface area contributed by atoms with Gasteiger partial charge in [-0.05, 0) is 78.6 Å². The standard InChI is InChI=1S/C24H26N2O3/c1-17-5-9-21(13-18(17)2)26-25-15-20-8-12-23(24(14-20)28-4)29-16-19-6-10-22(27-3)11-7-19/h5-15,26H,16H2,1-4H3. The monoisotopic (exact) mass is 390 g/mol. The zero-order valence-corrected chi connectivity index (χ0v) is 17.2. The van der Waals surface area contributed by atoms with Gasteiger partial charge in [-0.15, -0.1) is 0 Å². The van der Waals surface area contributed by atoms with Crippen molar-refractivity contribution in [1.29, 1.82) is 0 Å². The van der Waals surface area contributed by atoms with E-state index in [9.17, 15) is 0 Å². The maximum atomic E-state index is 5.91. The number of hydrogen-bond acceptors (Lipinski definition) is 5. The van der Waals surface area contributed by atoms with Crippen molar-refractivity contribution in [2.45, 2.75) is 20.5 Å². The van der Waals surface area contributed by atoms with Crippen molar-refractivity contribution in [2.75, 3.05) is 19.6 Å². The van der Waals surface area contributed by atoms with Gasteiger partial charge >= 0.3 is 0 Å². The lowest BCUT2D eigenvalue weighted by Gasteiger charge is -2.11. The van der Waals surface area contributed by atoms with Crippen LogP contribution in [0.25, 0.3) is 0 Å². The lowest BCUT2D eigenvalue weighted by Crippen LogP contribution is -1.99. The van der Waals surface area contributed by atoms with E-state index < -0.39 is 0 Å². The zero-order chi connectivity index (χ0) is 20.6. The molecule has 0 atom stereocenters. The summed E-state index contributed by atoms with van der Waals surface area (Å²) in [6.45, 7) is 4.62. The third kappa shape index (κ3) is 5.51. The van der Waals surface area contributed by atoms with Gasteiger partial charge in [-0.3, -0.25) is 5.43 Å². The Morgan fingerprint density at radius 3 is 2.31 bits per heavy atom. The molecule has 0 saturated carbocycles. The van der Waals surface area contributed by atoms with E-state index in [0.29, 0.717) is 18.1 Å². The fourth-order valence-electron chi connectivity index (χ4n) is 2.76. The smallest absolute Gasteiger partial charge is 0.161 e. The molecule has 0 aliphatic heterocycles. The molecular formula is C24H26N2O3. The van der Waals surface area contributed by atoms with Gasteiger partial charge in [0.2, 0.25) is 0 Å². The number of hydrazone groups is 1. The number of nitrogens with one attached hydrogen (secondary N) is 1. The Bertz CT molecular complexity index is 982. The Kier molecular flexibility index (Phi) is 6.74. The SMILES string of the molecule is COc1ccc(COc2ccc(C=NNc3ccc(C)c(C)c3)cc2OC)cc1. The zero-order valence-electron chi connectivity index (χ0n) is 17.2. The first-order chi connectivity index (χ1) is 14.1. The van der Waals surface area contributed by atoms with Crippen molar-refractivity contribution in [3.8, 4) is 17.2 Å². The van der Waals surface area contributed by atoms with Crippen LogP contribution in [0.3, 0.4) is 0 Å². The van der Waals surface area contributed by atoms with Crippen molar-refractivity contribution >= 4 is 11.9 Å². The van der Waals surface area contributed by atoms with Crippen LogP contribution in [0.4, 0.5) is 5.69 Å². The molecule has 0 aliphatic carbocycles. The molecular weight excluding hydrogens is 364 g/mol. The first-order valence-corrected chi connectivity index (χ1v) is 9.39. The molecule has 0 bridgehead atoms. The van der Waals surface area contributed by atoms with Crippen LogP contribution in [0, 0.1) is 13.8 Å². The molecule has 0 saturated heterocycles. The van der Waals surface area contributed by atoms with Gasteiger partial charge in [0.05, 0.1) is 26.1 Å². The van der Waals surface area contributed by atoms with Gasteiger partial charge in [-0.1, -0.05) is 18.2 Å². The number of rotatable bonds is 8. The number of aryl methyl sites for hydroxylation is 2. The van der Waals surface area contributed by atoms with E-state index in [4.69, 9.17) is 14.2 Å². The van der Waals surface area contributed by atoms with Crippen LogP contribution in [0.5, 0.6) is 17.2 Å². The Morgan fingerprint density at radius 2 is 1.62 bits per heavy atom. The van der Waals surface area contributed by atoms with Crippen LogP contribution in [0.2, 0.25) is 0 Å². The van der Waals surface area contributed by atoms with Crippen LogP contribution in [-0.4, -0.2) is 20.4 Å². The molecule has 0 fully saturated rings. The molecule has 0 heterocycles. The molecule has 0 spiro atoms. The van der Waals surface area contributed by atoms with E-state index in [-0.39, 0.29) is 0 Å². The van der Waals surface area contributed by atoms with Crippen LogP contribution in [0.15, 0.2) is 65.8 Å². The van der Waals surface area contributed by atoms with E-state index in [0.717, 1.165) is 22.6 Å². The van der Waals surface area contributed by atoms with Crippen LogP contribution in [0.1, 0.15) is 22.3 Å². The van der Waals surface area contributed by atoms with Crippen LogP contribution < -0.4 is 19.6 Å². The van der Waals surface area contributed by atoms with Gasteiger partial charge in [-0.2, -0.15) is 5.10 Å². The predicted octanol–water partition coefficient (Wildman–Crippen LogP) is 5.35. The third-order valence-corrected chi connectivity index (χ3v) is 4.66.